The van der Waals surface area contributed by atoms with Crippen molar-refractivity contribution in [1.29, 1.82) is 0 Å². The first-order chi connectivity index (χ1) is 7.54. The molecule has 1 N–H and O–H groups in total. The molecule has 0 radical (unpaired) electrons. The Morgan fingerprint density at radius 3 is 2.12 bits per heavy atom. The van der Waals surface area contributed by atoms with Crippen LogP contribution in [0.5, 0.6) is 0 Å². The van der Waals surface area contributed by atoms with Gasteiger partial charge in [-0.25, -0.2) is 0 Å². The fraction of sp³-hybridized carbons (Fsp3) is 1.00. The fourth-order valence-corrected chi connectivity index (χ4v) is 2.98. The van der Waals surface area contributed by atoms with E-state index in [9.17, 15) is 0 Å². The van der Waals surface area contributed by atoms with Crippen LogP contribution in [0.3, 0.4) is 0 Å². The predicted octanol–water partition coefficient (Wildman–Crippen LogP) is 2.88. The van der Waals surface area contributed by atoms with E-state index in [0.29, 0.717) is 0 Å². The average Bonchev–Trinajstić information content (AvgIpc) is 2.27. The molecule has 16 heavy (non-hydrogen) atoms. The highest BCUT2D eigenvalue weighted by atomic mass is 15.2. The zero-order valence-corrected chi connectivity index (χ0v) is 11.8. The second-order valence-electron chi connectivity index (χ2n) is 5.94. The van der Waals surface area contributed by atoms with E-state index in [-0.39, 0.29) is 0 Å². The Balaban J connectivity index is 2.34. The minimum Gasteiger partial charge on any atom is -0.317 e. The van der Waals surface area contributed by atoms with Crippen LogP contribution >= 0.6 is 0 Å². The third-order valence-corrected chi connectivity index (χ3v) is 4.19. The topological polar surface area (TPSA) is 15.3 Å². The number of hydrogen-bond acceptors (Lipinski definition) is 2. The van der Waals surface area contributed by atoms with Crippen LogP contribution in [0.25, 0.3) is 0 Å². The Morgan fingerprint density at radius 2 is 1.69 bits per heavy atom. The third kappa shape index (κ3) is 4.06. The molecule has 0 spiro atoms. The number of nitrogens with one attached hydrogen (secondary N) is 1. The van der Waals surface area contributed by atoms with Crippen LogP contribution in [0, 0.1) is 5.92 Å². The number of nitrogens with zero attached hydrogens (tertiary/aromatic N) is 1. The Labute approximate surface area is 102 Å². The molecule has 1 atom stereocenters. The van der Waals surface area contributed by atoms with E-state index in [1.165, 1.54) is 32.1 Å². The van der Waals surface area contributed by atoms with Gasteiger partial charge in [0.25, 0.3) is 0 Å². The van der Waals surface area contributed by atoms with Gasteiger partial charge >= 0.3 is 0 Å². The quantitative estimate of drug-likeness (QED) is 0.775. The SMILES string of the molecule is CNC1CCC(N(C)C(C)CC(C)C)CC1. The van der Waals surface area contributed by atoms with Crippen LogP contribution in [0.1, 0.15) is 52.9 Å². The van der Waals surface area contributed by atoms with Gasteiger partial charge in [0.1, 0.15) is 0 Å². The smallest absolute Gasteiger partial charge is 0.00961 e. The molecule has 1 saturated carbocycles. The first-order valence-electron chi connectivity index (χ1n) is 6.93. The standard InChI is InChI=1S/C14H30N2/c1-11(2)10-12(3)16(5)14-8-6-13(15-4)7-9-14/h11-15H,6-10H2,1-5H3. The molecule has 1 rings (SSSR count). The molecule has 0 amide bonds. The normalized spacial score (nSPS) is 28.7. The lowest BCUT2D eigenvalue weighted by Gasteiger charge is -2.38. The van der Waals surface area contributed by atoms with Gasteiger partial charge in [-0.15, -0.1) is 0 Å². The second-order valence-corrected chi connectivity index (χ2v) is 5.94. The molecule has 1 aliphatic rings. The second kappa shape index (κ2) is 6.61. The molecule has 1 fully saturated rings. The van der Waals surface area contributed by atoms with Gasteiger partial charge < -0.3 is 10.2 Å². The van der Waals surface area contributed by atoms with Gasteiger partial charge in [0.2, 0.25) is 0 Å². The van der Waals surface area contributed by atoms with E-state index in [1.807, 2.05) is 0 Å². The van der Waals surface area contributed by atoms with E-state index in [1.54, 1.807) is 0 Å². The molecule has 1 unspecified atom stereocenters. The van der Waals surface area contributed by atoms with Gasteiger partial charge in [0, 0.05) is 18.1 Å². The first kappa shape index (κ1) is 14.0. The monoisotopic (exact) mass is 226 g/mol. The Morgan fingerprint density at radius 1 is 1.12 bits per heavy atom. The zero-order valence-electron chi connectivity index (χ0n) is 11.8. The van der Waals surface area contributed by atoms with Gasteiger partial charge in [-0.2, -0.15) is 0 Å². The molecule has 0 aromatic rings. The van der Waals surface area contributed by atoms with Crippen LogP contribution in [-0.2, 0) is 0 Å². The third-order valence-electron chi connectivity index (χ3n) is 4.19. The molecule has 0 aliphatic heterocycles. The van der Waals surface area contributed by atoms with Crippen LogP contribution in [0.4, 0.5) is 0 Å². The molecule has 96 valence electrons. The van der Waals surface area contributed by atoms with Crippen molar-refractivity contribution in [3.05, 3.63) is 0 Å². The van der Waals surface area contributed by atoms with E-state index in [0.717, 1.165) is 24.0 Å². The van der Waals surface area contributed by atoms with E-state index >= 15 is 0 Å². The highest BCUT2D eigenvalue weighted by molar-refractivity contribution is 4.83. The van der Waals surface area contributed by atoms with Crippen LogP contribution in [0.2, 0.25) is 0 Å². The molecule has 0 bridgehead atoms. The summed E-state index contributed by atoms with van der Waals surface area (Å²) in [5, 5.41) is 3.41. The summed E-state index contributed by atoms with van der Waals surface area (Å²) in [5.74, 6) is 0.811. The summed E-state index contributed by atoms with van der Waals surface area (Å²) in [6.45, 7) is 7.02. The van der Waals surface area contributed by atoms with Gasteiger partial charge in [-0.3, -0.25) is 0 Å². The maximum atomic E-state index is 3.41. The van der Waals surface area contributed by atoms with Crippen LogP contribution < -0.4 is 5.32 Å². The Kier molecular flexibility index (Phi) is 5.77. The summed E-state index contributed by atoms with van der Waals surface area (Å²) in [6, 6.07) is 2.32. The highest BCUT2D eigenvalue weighted by Crippen LogP contribution is 2.24. The van der Waals surface area contributed by atoms with Crippen molar-refractivity contribution in [2.45, 2.75) is 71.0 Å². The van der Waals surface area contributed by atoms with Gasteiger partial charge in [0.05, 0.1) is 0 Å². The van der Waals surface area contributed by atoms with Crippen LogP contribution in [0.15, 0.2) is 0 Å². The lowest BCUT2D eigenvalue weighted by molar-refractivity contribution is 0.123. The van der Waals surface area contributed by atoms with Crippen molar-refractivity contribution in [3.63, 3.8) is 0 Å². The van der Waals surface area contributed by atoms with Crippen molar-refractivity contribution in [3.8, 4) is 0 Å². The van der Waals surface area contributed by atoms with Gasteiger partial charge in [0.15, 0.2) is 0 Å². The zero-order chi connectivity index (χ0) is 12.1. The summed E-state index contributed by atoms with van der Waals surface area (Å²) >= 11 is 0. The van der Waals surface area contributed by atoms with Gasteiger partial charge in [-0.1, -0.05) is 13.8 Å². The minimum absolute atomic E-state index is 0.733. The van der Waals surface area contributed by atoms with Crippen molar-refractivity contribution < 1.29 is 0 Å². The lowest BCUT2D eigenvalue weighted by atomic mass is 9.89. The van der Waals surface area contributed by atoms with Crippen molar-refractivity contribution in [2.75, 3.05) is 14.1 Å². The molecule has 1 aliphatic carbocycles. The Hall–Kier alpha value is -0.0800. The van der Waals surface area contributed by atoms with Crippen LogP contribution in [-0.4, -0.2) is 37.1 Å². The molecular weight excluding hydrogens is 196 g/mol. The summed E-state index contributed by atoms with van der Waals surface area (Å²) < 4.78 is 0. The average molecular weight is 226 g/mol. The largest absolute Gasteiger partial charge is 0.317 e. The molecule has 0 aromatic carbocycles. The molecule has 0 aromatic heterocycles. The highest BCUT2D eigenvalue weighted by Gasteiger charge is 2.25. The molecule has 0 saturated heterocycles. The predicted molar refractivity (Wildman–Crippen MR) is 71.8 cm³/mol. The molecular formula is C14H30N2. The molecule has 2 nitrogen and oxygen atoms in total. The minimum atomic E-state index is 0.733. The van der Waals surface area contributed by atoms with Crippen molar-refractivity contribution in [1.82, 2.24) is 10.2 Å². The molecule has 0 heterocycles. The van der Waals surface area contributed by atoms with E-state index < -0.39 is 0 Å². The van der Waals surface area contributed by atoms with Gasteiger partial charge in [-0.05, 0) is 59.0 Å². The fourth-order valence-electron chi connectivity index (χ4n) is 2.98. The van der Waals surface area contributed by atoms with Crippen molar-refractivity contribution in [2.24, 2.45) is 5.92 Å². The maximum absolute atomic E-state index is 3.41. The van der Waals surface area contributed by atoms with E-state index in [4.69, 9.17) is 0 Å². The number of hydrogen-bond donors (Lipinski definition) is 1. The summed E-state index contributed by atoms with van der Waals surface area (Å²) in [7, 11) is 4.41. The summed E-state index contributed by atoms with van der Waals surface area (Å²) in [6.07, 6.45) is 6.75. The van der Waals surface area contributed by atoms with E-state index in [2.05, 4.69) is 45.1 Å². The first-order valence-corrected chi connectivity index (χ1v) is 6.93. The summed E-state index contributed by atoms with van der Waals surface area (Å²) in [4.78, 5) is 2.62. The number of rotatable bonds is 5. The Bertz CT molecular complexity index is 183. The maximum Gasteiger partial charge on any atom is 0.00961 e. The lowest BCUT2D eigenvalue weighted by Crippen LogP contribution is -2.43. The van der Waals surface area contributed by atoms with Crippen molar-refractivity contribution >= 4 is 0 Å². The molecule has 2 heteroatoms. The summed E-state index contributed by atoms with van der Waals surface area (Å²) in [5.41, 5.74) is 0.